The number of pyridine rings is 1. The van der Waals surface area contributed by atoms with Crippen molar-refractivity contribution in [1.82, 2.24) is 15.0 Å². The maximum absolute atomic E-state index is 13.7. The number of nitrogens with one attached hydrogen (secondary N) is 1. The number of rotatable bonds is 5. The lowest BCUT2D eigenvalue weighted by Crippen LogP contribution is -2.47. The van der Waals surface area contributed by atoms with Gasteiger partial charge in [-0.3, -0.25) is 4.79 Å². The predicted octanol–water partition coefficient (Wildman–Crippen LogP) is 1.49. The number of esters is 1. The quantitative estimate of drug-likeness (QED) is 0.556. The summed E-state index contributed by atoms with van der Waals surface area (Å²) in [6.45, 7) is 2.01. The van der Waals surface area contributed by atoms with E-state index in [9.17, 15) is 14.0 Å². The molecule has 30 heavy (non-hydrogen) atoms. The summed E-state index contributed by atoms with van der Waals surface area (Å²) in [5, 5.41) is 0. The van der Waals surface area contributed by atoms with Crippen LogP contribution in [-0.4, -0.2) is 39.7 Å². The van der Waals surface area contributed by atoms with Crippen LogP contribution < -0.4 is 20.9 Å². The average Bonchev–Trinajstić information content (AvgIpc) is 3.20. The summed E-state index contributed by atoms with van der Waals surface area (Å²) in [7, 11) is 0. The minimum Gasteiger partial charge on any atom is -0.483 e. The van der Waals surface area contributed by atoms with Crippen molar-refractivity contribution in [3.05, 3.63) is 52.2 Å². The highest BCUT2D eigenvalue weighted by Crippen LogP contribution is 2.41. The first-order chi connectivity index (χ1) is 14.5. The molecule has 1 fully saturated rings. The zero-order valence-electron chi connectivity index (χ0n) is 16.4. The fraction of sp³-hybridized carbons (Fsp3) is 0.400. The molecule has 2 aliphatic rings. The van der Waals surface area contributed by atoms with Crippen LogP contribution in [0.2, 0.25) is 0 Å². The number of H-pyrrole nitrogens is 1. The summed E-state index contributed by atoms with van der Waals surface area (Å²) in [6, 6.07) is 1.18. The number of aromatic amines is 1. The van der Waals surface area contributed by atoms with Gasteiger partial charge in [0.15, 0.2) is 17.4 Å². The third-order valence-electron chi connectivity index (χ3n) is 5.29. The van der Waals surface area contributed by atoms with E-state index >= 15 is 0 Å². The molecule has 158 valence electrons. The van der Waals surface area contributed by atoms with Gasteiger partial charge in [-0.1, -0.05) is 0 Å². The van der Waals surface area contributed by atoms with Gasteiger partial charge < -0.3 is 25.1 Å². The second-order valence-corrected chi connectivity index (χ2v) is 7.14. The number of nitrogens with zero attached hydrogens (tertiary/aromatic N) is 3. The third kappa shape index (κ3) is 3.60. The van der Waals surface area contributed by atoms with Gasteiger partial charge in [-0.15, -0.1) is 0 Å². The zero-order valence-corrected chi connectivity index (χ0v) is 16.4. The number of anilines is 1. The summed E-state index contributed by atoms with van der Waals surface area (Å²) in [5.74, 6) is -0.207. The van der Waals surface area contributed by atoms with Crippen molar-refractivity contribution in [3.8, 4) is 5.75 Å². The molecule has 0 bridgehead atoms. The fourth-order valence-corrected chi connectivity index (χ4v) is 3.94. The number of halogens is 1. The number of carbonyl (C=O) groups excluding carboxylic acids is 1. The van der Waals surface area contributed by atoms with Gasteiger partial charge in [0.25, 0.3) is 5.56 Å². The van der Waals surface area contributed by atoms with Crippen molar-refractivity contribution in [2.75, 3.05) is 11.5 Å². The molecule has 0 saturated heterocycles. The van der Waals surface area contributed by atoms with Gasteiger partial charge in [0.05, 0.1) is 25.4 Å². The molecule has 0 radical (unpaired) electrons. The Kier molecular flexibility index (Phi) is 5.39. The Morgan fingerprint density at radius 2 is 2.33 bits per heavy atom. The molecule has 1 saturated carbocycles. The summed E-state index contributed by atoms with van der Waals surface area (Å²) >= 11 is 0. The minimum absolute atomic E-state index is 0.0248. The van der Waals surface area contributed by atoms with Gasteiger partial charge in [0, 0.05) is 18.0 Å². The van der Waals surface area contributed by atoms with Gasteiger partial charge in [0.1, 0.15) is 17.5 Å². The van der Waals surface area contributed by atoms with Crippen LogP contribution in [0.1, 0.15) is 37.6 Å². The fourth-order valence-electron chi connectivity index (χ4n) is 3.94. The molecule has 4 rings (SSSR count). The zero-order chi connectivity index (χ0) is 21.3. The molecule has 2 atom stereocenters. The largest absolute Gasteiger partial charge is 0.483 e. The van der Waals surface area contributed by atoms with Gasteiger partial charge in [-0.05, 0) is 32.3 Å². The molecule has 0 amide bonds. The van der Waals surface area contributed by atoms with Crippen molar-refractivity contribution >= 4 is 17.4 Å². The van der Waals surface area contributed by atoms with Crippen molar-refractivity contribution in [2.24, 2.45) is 5.73 Å². The third-order valence-corrected chi connectivity index (χ3v) is 5.29. The highest BCUT2D eigenvalue weighted by atomic mass is 19.1. The molecule has 1 aliphatic carbocycles. The number of aromatic nitrogens is 3. The van der Waals surface area contributed by atoms with E-state index in [1.807, 2.05) is 4.90 Å². The molecular formula is C20H22FN5O4. The van der Waals surface area contributed by atoms with E-state index in [1.165, 1.54) is 12.3 Å². The average molecular weight is 415 g/mol. The molecule has 2 aromatic heterocycles. The van der Waals surface area contributed by atoms with Crippen molar-refractivity contribution in [1.29, 1.82) is 0 Å². The van der Waals surface area contributed by atoms with E-state index in [-0.39, 0.29) is 47.8 Å². The first-order valence-electron chi connectivity index (χ1n) is 9.78. The van der Waals surface area contributed by atoms with E-state index in [0.29, 0.717) is 11.6 Å². The standard InChI is InChI=1S/C20H22FN5O4/c1-2-29-20(28)13(7-22)17-23-9-16-18(25-17)26(14-4-3-5-15(14)30-16)10-11-6-12(21)8-24-19(11)27/h6-9,14-15H,2-5,10,22H2,1H3,(H,24,27)/t14-,15+/m1/s1. The molecule has 3 heterocycles. The Morgan fingerprint density at radius 1 is 1.50 bits per heavy atom. The Balaban J connectivity index is 1.76. The lowest BCUT2D eigenvalue weighted by Gasteiger charge is -2.39. The van der Waals surface area contributed by atoms with Crippen LogP contribution >= 0.6 is 0 Å². The molecule has 0 spiro atoms. The molecule has 3 N–H and O–H groups in total. The highest BCUT2D eigenvalue weighted by Gasteiger charge is 2.41. The smallest absolute Gasteiger partial charge is 0.343 e. The molecule has 10 heteroatoms. The lowest BCUT2D eigenvalue weighted by molar-refractivity contribution is -0.136. The van der Waals surface area contributed by atoms with Crippen LogP contribution in [0.15, 0.2) is 29.5 Å². The van der Waals surface area contributed by atoms with E-state index in [0.717, 1.165) is 31.7 Å². The monoisotopic (exact) mass is 415 g/mol. The number of fused-ring (bicyclic) bond motifs is 2. The van der Waals surface area contributed by atoms with E-state index in [1.54, 1.807) is 6.92 Å². The molecule has 0 unspecified atom stereocenters. The summed E-state index contributed by atoms with van der Waals surface area (Å²) in [6.07, 6.45) is 6.19. The number of hydrogen-bond acceptors (Lipinski definition) is 8. The molecule has 9 nitrogen and oxygen atoms in total. The molecular weight excluding hydrogens is 393 g/mol. The number of ether oxygens (including phenoxy) is 2. The summed E-state index contributed by atoms with van der Waals surface area (Å²) in [5.41, 5.74) is 5.54. The normalized spacial score (nSPS) is 20.3. The second-order valence-electron chi connectivity index (χ2n) is 7.14. The summed E-state index contributed by atoms with van der Waals surface area (Å²) < 4.78 is 24.8. The maximum Gasteiger partial charge on any atom is 0.343 e. The van der Waals surface area contributed by atoms with Gasteiger partial charge >= 0.3 is 5.97 Å². The Bertz CT molecular complexity index is 1050. The van der Waals surface area contributed by atoms with Crippen LogP contribution in [0.3, 0.4) is 0 Å². The topological polar surface area (TPSA) is 123 Å². The predicted molar refractivity (Wildman–Crippen MR) is 106 cm³/mol. The van der Waals surface area contributed by atoms with Crippen LogP contribution in [-0.2, 0) is 16.1 Å². The lowest BCUT2D eigenvalue weighted by atomic mass is 10.1. The van der Waals surface area contributed by atoms with Crippen LogP contribution in [0.4, 0.5) is 10.2 Å². The van der Waals surface area contributed by atoms with Crippen LogP contribution in [0.25, 0.3) is 5.57 Å². The molecule has 2 aromatic rings. The maximum atomic E-state index is 13.7. The van der Waals surface area contributed by atoms with Crippen molar-refractivity contribution in [2.45, 2.75) is 44.9 Å². The van der Waals surface area contributed by atoms with E-state index in [2.05, 4.69) is 15.0 Å². The van der Waals surface area contributed by atoms with Crippen molar-refractivity contribution in [3.63, 3.8) is 0 Å². The first-order valence-corrected chi connectivity index (χ1v) is 9.78. The Labute approximate surface area is 171 Å². The van der Waals surface area contributed by atoms with Gasteiger partial charge in [-0.25, -0.2) is 19.2 Å². The van der Waals surface area contributed by atoms with Gasteiger partial charge in [-0.2, -0.15) is 0 Å². The van der Waals surface area contributed by atoms with Crippen LogP contribution in [0, 0.1) is 5.82 Å². The van der Waals surface area contributed by atoms with Crippen LogP contribution in [0.5, 0.6) is 5.75 Å². The number of carbonyl (C=O) groups is 1. The molecule has 1 aliphatic heterocycles. The SMILES string of the molecule is CCOC(=O)C(=CN)c1ncc2c(n1)N(Cc1cc(F)c[nH]c1=O)[C@@H]1CCC[C@@H]1O2. The molecule has 0 aromatic carbocycles. The minimum atomic E-state index is -0.636. The highest BCUT2D eigenvalue weighted by molar-refractivity contribution is 6.15. The van der Waals surface area contributed by atoms with Gasteiger partial charge in [0.2, 0.25) is 0 Å². The Hall–Kier alpha value is -3.43. The van der Waals surface area contributed by atoms with E-state index < -0.39 is 11.8 Å². The van der Waals surface area contributed by atoms with E-state index in [4.69, 9.17) is 15.2 Å². The Morgan fingerprint density at radius 3 is 3.10 bits per heavy atom. The summed E-state index contributed by atoms with van der Waals surface area (Å²) in [4.78, 5) is 37.5. The second kappa shape index (κ2) is 8.13. The first kappa shape index (κ1) is 19.9. The van der Waals surface area contributed by atoms with Crippen molar-refractivity contribution < 1.29 is 18.7 Å². The number of nitrogens with two attached hydrogens (primary N) is 1. The number of hydrogen-bond donors (Lipinski definition) is 2.